The second-order valence-corrected chi connectivity index (χ2v) is 5.78. The van der Waals surface area contributed by atoms with Crippen molar-refractivity contribution in [1.29, 1.82) is 0 Å². The molecule has 0 saturated carbocycles. The average Bonchev–Trinajstić information content (AvgIpc) is 3.02. The van der Waals surface area contributed by atoms with Gasteiger partial charge in [-0.05, 0) is 39.0 Å². The maximum Gasteiger partial charge on any atom is 0.273 e. The molecule has 1 heterocycles. The third-order valence-electron chi connectivity index (χ3n) is 3.44. The Hall–Kier alpha value is -2.18. The zero-order chi connectivity index (χ0) is 16.7. The van der Waals surface area contributed by atoms with Crippen LogP contribution in [0.5, 0.6) is 0 Å². The Bertz CT molecular complexity index is 610. The molecule has 0 aliphatic rings. The van der Waals surface area contributed by atoms with E-state index in [2.05, 4.69) is 15.2 Å². The van der Waals surface area contributed by atoms with Crippen LogP contribution in [-0.4, -0.2) is 43.0 Å². The van der Waals surface area contributed by atoms with E-state index in [0.717, 1.165) is 18.5 Å². The first-order valence-electron chi connectivity index (χ1n) is 7.74. The van der Waals surface area contributed by atoms with Gasteiger partial charge < -0.3 is 20.4 Å². The number of carbonyl (C=O) groups is 1. The second kappa shape index (κ2) is 8.45. The minimum Gasteiger partial charge on any atom is -0.446 e. The largest absolute Gasteiger partial charge is 0.446 e. The predicted octanol–water partition coefficient (Wildman–Crippen LogP) is 1.60. The maximum atomic E-state index is 12.0. The molecule has 0 bridgehead atoms. The van der Waals surface area contributed by atoms with Gasteiger partial charge in [-0.2, -0.15) is 0 Å². The Morgan fingerprint density at radius 1 is 1.35 bits per heavy atom. The summed E-state index contributed by atoms with van der Waals surface area (Å²) in [6.45, 7) is 1.53. The van der Waals surface area contributed by atoms with Gasteiger partial charge >= 0.3 is 0 Å². The van der Waals surface area contributed by atoms with Crippen LogP contribution < -0.4 is 11.1 Å². The van der Waals surface area contributed by atoms with Crippen molar-refractivity contribution in [3.63, 3.8) is 0 Å². The fourth-order valence-electron chi connectivity index (χ4n) is 2.21. The summed E-state index contributed by atoms with van der Waals surface area (Å²) >= 11 is 0. The molecule has 124 valence electrons. The van der Waals surface area contributed by atoms with Gasteiger partial charge in [0.25, 0.3) is 5.91 Å². The molecular weight excluding hydrogens is 292 g/mol. The molecule has 0 saturated heterocycles. The van der Waals surface area contributed by atoms with Gasteiger partial charge in [0.2, 0.25) is 5.89 Å². The van der Waals surface area contributed by atoms with E-state index in [4.69, 9.17) is 10.2 Å². The Morgan fingerprint density at radius 3 is 2.78 bits per heavy atom. The molecule has 0 aliphatic carbocycles. The van der Waals surface area contributed by atoms with Gasteiger partial charge in [-0.15, -0.1) is 0 Å². The number of carbonyl (C=O) groups excluding carboxylic acids is 1. The van der Waals surface area contributed by atoms with Gasteiger partial charge in [0.1, 0.15) is 6.26 Å². The third-order valence-corrected chi connectivity index (χ3v) is 3.44. The summed E-state index contributed by atoms with van der Waals surface area (Å²) in [6, 6.07) is 9.52. The van der Waals surface area contributed by atoms with Crippen molar-refractivity contribution in [1.82, 2.24) is 15.2 Å². The molecule has 23 heavy (non-hydrogen) atoms. The summed E-state index contributed by atoms with van der Waals surface area (Å²) in [5.74, 6) is 0.151. The van der Waals surface area contributed by atoms with Crippen LogP contribution in [0.1, 0.15) is 34.4 Å². The molecule has 2 rings (SSSR count). The molecule has 1 unspecified atom stereocenters. The van der Waals surface area contributed by atoms with Crippen molar-refractivity contribution in [2.75, 3.05) is 27.2 Å². The maximum absolute atomic E-state index is 12.0. The summed E-state index contributed by atoms with van der Waals surface area (Å²) in [7, 11) is 4.00. The average molecular weight is 316 g/mol. The molecule has 0 spiro atoms. The molecule has 0 fully saturated rings. The van der Waals surface area contributed by atoms with Crippen molar-refractivity contribution in [2.45, 2.75) is 18.9 Å². The zero-order valence-electron chi connectivity index (χ0n) is 13.7. The van der Waals surface area contributed by atoms with Gasteiger partial charge in [0.05, 0.1) is 6.04 Å². The van der Waals surface area contributed by atoms with Gasteiger partial charge in [-0.25, -0.2) is 4.98 Å². The number of amides is 1. The van der Waals surface area contributed by atoms with Gasteiger partial charge in [0, 0.05) is 6.54 Å². The Labute approximate surface area is 136 Å². The van der Waals surface area contributed by atoms with E-state index in [0.29, 0.717) is 18.9 Å². The first-order chi connectivity index (χ1) is 11.1. The topological polar surface area (TPSA) is 84.4 Å². The first kappa shape index (κ1) is 17.2. The van der Waals surface area contributed by atoms with Crippen LogP contribution in [0.25, 0.3) is 0 Å². The first-order valence-corrected chi connectivity index (χ1v) is 7.74. The highest BCUT2D eigenvalue weighted by Crippen LogP contribution is 2.15. The minimum atomic E-state index is -0.368. The number of rotatable bonds is 8. The summed E-state index contributed by atoms with van der Waals surface area (Å²) in [4.78, 5) is 18.3. The molecule has 1 aromatic carbocycles. The van der Waals surface area contributed by atoms with E-state index >= 15 is 0 Å². The third kappa shape index (κ3) is 5.50. The lowest BCUT2D eigenvalue weighted by atomic mass is 10.1. The van der Waals surface area contributed by atoms with Crippen molar-refractivity contribution in [3.05, 3.63) is 53.7 Å². The molecule has 1 amide bonds. The van der Waals surface area contributed by atoms with E-state index in [9.17, 15) is 4.79 Å². The zero-order valence-corrected chi connectivity index (χ0v) is 13.7. The smallest absolute Gasteiger partial charge is 0.273 e. The van der Waals surface area contributed by atoms with E-state index in [1.807, 2.05) is 44.4 Å². The van der Waals surface area contributed by atoms with Crippen molar-refractivity contribution in [3.8, 4) is 0 Å². The molecule has 0 radical (unpaired) electrons. The number of hydrogen-bond acceptors (Lipinski definition) is 5. The number of nitrogens with two attached hydrogens (primary N) is 1. The van der Waals surface area contributed by atoms with Gasteiger partial charge in [-0.1, -0.05) is 30.3 Å². The van der Waals surface area contributed by atoms with Gasteiger partial charge in [-0.3, -0.25) is 4.79 Å². The van der Waals surface area contributed by atoms with Crippen molar-refractivity contribution in [2.24, 2.45) is 5.73 Å². The molecular formula is C17H24N4O2. The standard InChI is InChI=1S/C17H24N4O2/c1-21(2)10-6-9-19-16(22)15-12-23-17(20-15)14(18)11-13-7-4-3-5-8-13/h3-5,7-8,12,14H,6,9-11,18H2,1-2H3,(H,19,22). The molecule has 6 heteroatoms. The minimum absolute atomic E-state index is 0.231. The molecule has 0 aliphatic heterocycles. The van der Waals surface area contributed by atoms with E-state index < -0.39 is 0 Å². The summed E-state index contributed by atoms with van der Waals surface area (Å²) in [6.07, 6.45) is 2.86. The Balaban J connectivity index is 1.85. The number of oxazole rings is 1. The SMILES string of the molecule is CN(C)CCCNC(=O)c1coc(C(N)Cc2ccccc2)n1. The highest BCUT2D eigenvalue weighted by atomic mass is 16.3. The predicted molar refractivity (Wildman–Crippen MR) is 89.1 cm³/mol. The highest BCUT2D eigenvalue weighted by Gasteiger charge is 2.17. The summed E-state index contributed by atoms with van der Waals surface area (Å²) < 4.78 is 5.36. The summed E-state index contributed by atoms with van der Waals surface area (Å²) in [5, 5.41) is 2.83. The van der Waals surface area contributed by atoms with Crippen LogP contribution in [0.15, 0.2) is 41.0 Å². The molecule has 3 N–H and O–H groups in total. The number of hydrogen-bond donors (Lipinski definition) is 2. The number of aromatic nitrogens is 1. The Morgan fingerprint density at radius 2 is 2.09 bits per heavy atom. The number of benzene rings is 1. The fraction of sp³-hybridized carbons (Fsp3) is 0.412. The highest BCUT2D eigenvalue weighted by molar-refractivity contribution is 5.91. The van der Waals surface area contributed by atoms with Crippen LogP contribution in [-0.2, 0) is 6.42 Å². The summed E-state index contributed by atoms with van der Waals surface area (Å²) in [5.41, 5.74) is 7.48. The number of nitrogens with one attached hydrogen (secondary N) is 1. The second-order valence-electron chi connectivity index (χ2n) is 5.78. The molecule has 1 aromatic heterocycles. The molecule has 6 nitrogen and oxygen atoms in total. The number of nitrogens with zero attached hydrogens (tertiary/aromatic N) is 2. The quantitative estimate of drug-likeness (QED) is 0.723. The lowest BCUT2D eigenvalue weighted by molar-refractivity contribution is 0.0947. The van der Waals surface area contributed by atoms with Crippen LogP contribution in [0.3, 0.4) is 0 Å². The van der Waals surface area contributed by atoms with Crippen LogP contribution in [0.2, 0.25) is 0 Å². The van der Waals surface area contributed by atoms with Crippen LogP contribution in [0, 0.1) is 0 Å². The van der Waals surface area contributed by atoms with Crippen LogP contribution in [0.4, 0.5) is 0 Å². The lowest BCUT2D eigenvalue weighted by Gasteiger charge is -2.09. The van der Waals surface area contributed by atoms with Crippen LogP contribution >= 0.6 is 0 Å². The fourth-order valence-corrected chi connectivity index (χ4v) is 2.21. The van der Waals surface area contributed by atoms with E-state index in [-0.39, 0.29) is 17.6 Å². The van der Waals surface area contributed by atoms with Crippen molar-refractivity contribution >= 4 is 5.91 Å². The Kier molecular flexibility index (Phi) is 6.31. The van der Waals surface area contributed by atoms with Crippen molar-refractivity contribution < 1.29 is 9.21 Å². The lowest BCUT2D eigenvalue weighted by Crippen LogP contribution is -2.27. The molecule has 2 aromatic rings. The van der Waals surface area contributed by atoms with E-state index in [1.54, 1.807) is 0 Å². The molecule has 1 atom stereocenters. The monoisotopic (exact) mass is 316 g/mol. The van der Waals surface area contributed by atoms with Gasteiger partial charge in [0.15, 0.2) is 5.69 Å². The normalized spacial score (nSPS) is 12.3. The van der Waals surface area contributed by atoms with E-state index in [1.165, 1.54) is 6.26 Å².